The maximum atomic E-state index is 13.3. The number of amides is 3. The molecule has 0 aromatic carbocycles. The minimum absolute atomic E-state index is 0.0703. The van der Waals surface area contributed by atoms with Gasteiger partial charge in [0, 0.05) is 18.3 Å². The second-order valence-electron chi connectivity index (χ2n) is 8.28. The largest absolute Gasteiger partial charge is 0.480 e. The molecule has 0 bridgehead atoms. The summed E-state index contributed by atoms with van der Waals surface area (Å²) >= 11 is 3.04. The molecule has 0 aliphatic carbocycles. The van der Waals surface area contributed by atoms with E-state index in [4.69, 9.17) is 5.73 Å². The molecule has 13 heteroatoms. The zero-order valence-corrected chi connectivity index (χ0v) is 22.3. The molecule has 7 N–H and O–H groups in total. The molecule has 0 aliphatic rings. The number of aromatic nitrogens is 2. The third-order valence-corrected chi connectivity index (χ3v) is 6.89. The Bertz CT molecular complexity index is 810. The average molecular weight is 531 g/mol. The van der Waals surface area contributed by atoms with Gasteiger partial charge in [0.25, 0.3) is 0 Å². The summed E-state index contributed by atoms with van der Waals surface area (Å²) in [5.74, 6) is -1.72. The molecule has 0 fully saturated rings. The molecule has 35 heavy (non-hydrogen) atoms. The lowest BCUT2D eigenvalue weighted by Gasteiger charge is -2.28. The molecule has 198 valence electrons. The van der Waals surface area contributed by atoms with Crippen molar-refractivity contribution in [2.45, 2.75) is 63.7 Å². The number of aromatic amines is 1. The first kappa shape index (κ1) is 30.8. The maximum absolute atomic E-state index is 13.3. The van der Waals surface area contributed by atoms with Crippen LogP contribution in [0.2, 0.25) is 0 Å². The van der Waals surface area contributed by atoms with Gasteiger partial charge >= 0.3 is 5.97 Å². The predicted molar refractivity (Wildman–Crippen MR) is 139 cm³/mol. The molecule has 1 heterocycles. The minimum atomic E-state index is -1.15. The number of aliphatic carboxylic acids is 1. The number of nitrogens with two attached hydrogens (primary N) is 1. The molecule has 5 unspecified atom stereocenters. The molecule has 11 nitrogen and oxygen atoms in total. The number of hydrogen-bond acceptors (Lipinski definition) is 8. The smallest absolute Gasteiger partial charge is 0.326 e. The van der Waals surface area contributed by atoms with Gasteiger partial charge in [-0.1, -0.05) is 20.3 Å². The average Bonchev–Trinajstić information content (AvgIpc) is 3.35. The van der Waals surface area contributed by atoms with Crippen molar-refractivity contribution in [1.82, 2.24) is 25.9 Å². The lowest BCUT2D eigenvalue weighted by molar-refractivity contribution is -0.142. The highest BCUT2D eigenvalue weighted by Gasteiger charge is 2.32. The molecular weight excluding hydrogens is 492 g/mol. The Hall–Kier alpha value is -2.25. The first-order chi connectivity index (χ1) is 16.6. The van der Waals surface area contributed by atoms with Gasteiger partial charge in [-0.25, -0.2) is 9.78 Å². The number of carbonyl (C=O) groups is 4. The van der Waals surface area contributed by atoms with Crippen molar-refractivity contribution in [3.8, 4) is 0 Å². The van der Waals surface area contributed by atoms with Crippen LogP contribution in [0.4, 0.5) is 0 Å². The Morgan fingerprint density at radius 1 is 1.03 bits per heavy atom. The molecule has 1 aromatic heterocycles. The maximum Gasteiger partial charge on any atom is 0.326 e. The zero-order valence-electron chi connectivity index (χ0n) is 20.7. The van der Waals surface area contributed by atoms with Crippen LogP contribution >= 0.6 is 23.5 Å². The third kappa shape index (κ3) is 10.9. The fraction of sp³-hybridized carbons (Fsp3) is 0.682. The van der Waals surface area contributed by atoms with E-state index in [1.165, 1.54) is 24.3 Å². The molecule has 3 amide bonds. The third-order valence-electron chi connectivity index (χ3n) is 5.60. The van der Waals surface area contributed by atoms with Gasteiger partial charge in [0.1, 0.15) is 18.1 Å². The minimum Gasteiger partial charge on any atom is -0.480 e. The standard InChI is InChI=1S/C22H38N6O5S2/c1-5-13(2)18(28-19(29)15(23)6-8-34-3)21(31)27-17(10-14-11-24-12-25-14)20(30)26-16(22(32)33)7-9-35-4/h11-13,15-18H,5-10,23H2,1-4H3,(H,24,25)(H,26,30)(H,27,31)(H,28,29)(H,32,33). The molecule has 0 spiro atoms. The van der Waals surface area contributed by atoms with Crippen LogP contribution in [0, 0.1) is 5.92 Å². The van der Waals surface area contributed by atoms with Crippen LogP contribution in [0.25, 0.3) is 0 Å². The SMILES string of the molecule is CCC(C)C(NC(=O)C(N)CCSC)C(=O)NC(Cc1cnc[nH]1)C(=O)NC(CCSC)C(=O)O. The zero-order chi connectivity index (χ0) is 26.4. The summed E-state index contributed by atoms with van der Waals surface area (Å²) in [6.07, 6.45) is 8.12. The summed E-state index contributed by atoms with van der Waals surface area (Å²) in [5.41, 5.74) is 6.55. The van der Waals surface area contributed by atoms with Crippen LogP contribution < -0.4 is 21.7 Å². The fourth-order valence-corrected chi connectivity index (χ4v) is 4.15. The highest BCUT2D eigenvalue weighted by atomic mass is 32.2. The van der Waals surface area contributed by atoms with E-state index in [2.05, 4.69) is 25.9 Å². The van der Waals surface area contributed by atoms with Crippen molar-refractivity contribution >= 4 is 47.2 Å². The van der Waals surface area contributed by atoms with Gasteiger partial charge in [-0.3, -0.25) is 14.4 Å². The Kier molecular flexibility index (Phi) is 14.4. The molecule has 0 radical (unpaired) electrons. The summed E-state index contributed by atoms with van der Waals surface area (Å²) in [5, 5.41) is 17.4. The summed E-state index contributed by atoms with van der Waals surface area (Å²) in [7, 11) is 0. The number of nitrogens with one attached hydrogen (secondary N) is 4. The Morgan fingerprint density at radius 3 is 2.20 bits per heavy atom. The number of nitrogens with zero attached hydrogens (tertiary/aromatic N) is 1. The summed E-state index contributed by atoms with van der Waals surface area (Å²) in [6.45, 7) is 3.72. The molecule has 0 saturated heterocycles. The van der Waals surface area contributed by atoms with Gasteiger partial charge in [-0.2, -0.15) is 23.5 Å². The molecule has 0 saturated carbocycles. The molecule has 0 aliphatic heterocycles. The van der Waals surface area contributed by atoms with Crippen molar-refractivity contribution in [1.29, 1.82) is 0 Å². The van der Waals surface area contributed by atoms with Gasteiger partial charge < -0.3 is 31.8 Å². The van der Waals surface area contributed by atoms with E-state index >= 15 is 0 Å². The van der Waals surface area contributed by atoms with Crippen molar-refractivity contribution in [2.75, 3.05) is 24.0 Å². The van der Waals surface area contributed by atoms with Crippen molar-refractivity contribution in [3.63, 3.8) is 0 Å². The first-order valence-corrected chi connectivity index (χ1v) is 14.3. The van der Waals surface area contributed by atoms with E-state index in [1.807, 2.05) is 26.4 Å². The summed E-state index contributed by atoms with van der Waals surface area (Å²) in [6, 6.07) is -3.82. The van der Waals surface area contributed by atoms with E-state index in [1.54, 1.807) is 11.8 Å². The number of thioether (sulfide) groups is 2. The normalized spacial score (nSPS) is 15.3. The predicted octanol–water partition coefficient (Wildman–Crippen LogP) is 0.371. The number of carboxylic acid groups (broad SMARTS) is 1. The Labute approximate surface area is 214 Å². The first-order valence-electron chi connectivity index (χ1n) is 11.5. The number of H-pyrrole nitrogens is 1. The second-order valence-corrected chi connectivity index (χ2v) is 10.3. The van der Waals surface area contributed by atoms with Crippen LogP contribution in [0.3, 0.4) is 0 Å². The highest BCUT2D eigenvalue weighted by molar-refractivity contribution is 7.98. The lowest BCUT2D eigenvalue weighted by Crippen LogP contribution is -2.59. The monoisotopic (exact) mass is 530 g/mol. The highest BCUT2D eigenvalue weighted by Crippen LogP contribution is 2.11. The number of carbonyl (C=O) groups excluding carboxylic acids is 3. The van der Waals surface area contributed by atoms with E-state index in [0.717, 1.165) is 0 Å². The number of carboxylic acids is 1. The van der Waals surface area contributed by atoms with Crippen molar-refractivity contribution < 1.29 is 24.3 Å². The molecule has 1 aromatic rings. The van der Waals surface area contributed by atoms with Gasteiger partial charge in [-0.05, 0) is 42.8 Å². The summed E-state index contributed by atoms with van der Waals surface area (Å²) < 4.78 is 0. The van der Waals surface area contributed by atoms with Crippen LogP contribution in [-0.2, 0) is 25.6 Å². The lowest BCUT2D eigenvalue weighted by atomic mass is 9.97. The van der Waals surface area contributed by atoms with Crippen molar-refractivity contribution in [3.05, 3.63) is 18.2 Å². The van der Waals surface area contributed by atoms with E-state index in [0.29, 0.717) is 30.0 Å². The molecule has 5 atom stereocenters. The molecule has 1 rings (SSSR count). The van der Waals surface area contributed by atoms with Crippen molar-refractivity contribution in [2.24, 2.45) is 11.7 Å². The van der Waals surface area contributed by atoms with Gasteiger partial charge in [0.05, 0.1) is 12.4 Å². The van der Waals surface area contributed by atoms with Gasteiger partial charge in [0.2, 0.25) is 17.7 Å². The van der Waals surface area contributed by atoms with Crippen LogP contribution in [0.15, 0.2) is 12.5 Å². The number of hydrogen-bond donors (Lipinski definition) is 6. The van der Waals surface area contributed by atoms with Gasteiger partial charge in [0.15, 0.2) is 0 Å². The number of imidazole rings is 1. The van der Waals surface area contributed by atoms with E-state index < -0.39 is 47.9 Å². The van der Waals surface area contributed by atoms with Crippen LogP contribution in [-0.4, -0.2) is 86.9 Å². The van der Waals surface area contributed by atoms with E-state index in [-0.39, 0.29) is 18.8 Å². The fourth-order valence-electron chi connectivity index (χ4n) is 3.19. The quantitative estimate of drug-likeness (QED) is 0.166. The Balaban J connectivity index is 3.04. The molecular formula is C22H38N6O5S2. The number of rotatable bonds is 17. The second kappa shape index (κ2) is 16.4. The Morgan fingerprint density at radius 2 is 1.66 bits per heavy atom. The summed E-state index contributed by atoms with van der Waals surface area (Å²) in [4.78, 5) is 57.3. The topological polar surface area (TPSA) is 179 Å². The van der Waals surface area contributed by atoms with Crippen LogP contribution in [0.1, 0.15) is 38.8 Å². The van der Waals surface area contributed by atoms with E-state index in [9.17, 15) is 24.3 Å². The van der Waals surface area contributed by atoms with Crippen LogP contribution in [0.5, 0.6) is 0 Å². The van der Waals surface area contributed by atoms with Gasteiger partial charge in [-0.15, -0.1) is 0 Å².